The molecule has 178 valence electrons. The van der Waals surface area contributed by atoms with Gasteiger partial charge in [0.2, 0.25) is 0 Å². The van der Waals surface area contributed by atoms with E-state index in [1.165, 1.54) is 5.56 Å². The normalized spacial score (nSPS) is 12.4. The highest BCUT2D eigenvalue weighted by molar-refractivity contribution is 5.81. The van der Waals surface area contributed by atoms with Gasteiger partial charge in [0.25, 0.3) is 0 Å². The molecule has 1 unspecified atom stereocenters. The zero-order valence-corrected chi connectivity index (χ0v) is 19.3. The topological polar surface area (TPSA) is 90.6 Å². The fourth-order valence-corrected chi connectivity index (χ4v) is 3.59. The van der Waals surface area contributed by atoms with Gasteiger partial charge in [-0.05, 0) is 42.4 Å². The van der Waals surface area contributed by atoms with E-state index >= 15 is 0 Å². The van der Waals surface area contributed by atoms with E-state index in [-0.39, 0.29) is 19.3 Å². The predicted octanol–water partition coefficient (Wildman–Crippen LogP) is 4.77. The van der Waals surface area contributed by atoms with E-state index in [0.29, 0.717) is 12.8 Å². The molecule has 1 amide bonds. The lowest BCUT2D eigenvalue weighted by Crippen LogP contribution is -2.42. The first-order valence-electron chi connectivity index (χ1n) is 11.6. The van der Waals surface area contributed by atoms with Gasteiger partial charge in [0.15, 0.2) is 0 Å². The zero-order chi connectivity index (χ0) is 24.0. The van der Waals surface area contributed by atoms with Gasteiger partial charge in [-0.15, -0.1) is 0 Å². The number of carbonyl (C=O) groups is 2. The van der Waals surface area contributed by atoms with Crippen LogP contribution in [0, 0.1) is 0 Å². The first-order chi connectivity index (χ1) is 16.6. The van der Waals surface area contributed by atoms with Crippen molar-refractivity contribution >= 4 is 12.1 Å². The highest BCUT2D eigenvalue weighted by Gasteiger charge is 2.23. The van der Waals surface area contributed by atoms with Gasteiger partial charge in [0.05, 0.1) is 0 Å². The van der Waals surface area contributed by atoms with Gasteiger partial charge in [-0.1, -0.05) is 91.0 Å². The van der Waals surface area contributed by atoms with Crippen molar-refractivity contribution in [3.63, 3.8) is 0 Å². The summed E-state index contributed by atoms with van der Waals surface area (Å²) in [4.78, 5) is 25.1. The number of amides is 1. The Labute approximate surface area is 201 Å². The van der Waals surface area contributed by atoms with Gasteiger partial charge in [-0.25, -0.2) is 9.59 Å². The molecule has 0 aliphatic carbocycles. The molecule has 0 aliphatic rings. The predicted molar refractivity (Wildman–Crippen MR) is 132 cm³/mol. The molecule has 0 spiro atoms. The molecule has 3 aromatic rings. The lowest BCUT2D eigenvalue weighted by molar-refractivity contribution is -0.147. The largest absolute Gasteiger partial charge is 0.459 e. The number of benzene rings is 3. The van der Waals surface area contributed by atoms with Gasteiger partial charge in [-0.3, -0.25) is 0 Å². The maximum Gasteiger partial charge on any atom is 0.408 e. The van der Waals surface area contributed by atoms with E-state index < -0.39 is 18.1 Å². The van der Waals surface area contributed by atoms with Crippen LogP contribution in [0.5, 0.6) is 0 Å². The Kier molecular flexibility index (Phi) is 10.1. The van der Waals surface area contributed by atoms with Crippen molar-refractivity contribution in [3.8, 4) is 0 Å². The Morgan fingerprint density at radius 2 is 1.21 bits per heavy atom. The minimum absolute atomic E-state index is 0.0339. The quantitative estimate of drug-likeness (QED) is 0.380. The van der Waals surface area contributed by atoms with Gasteiger partial charge in [0, 0.05) is 6.04 Å². The molecule has 0 bridgehead atoms. The van der Waals surface area contributed by atoms with Crippen molar-refractivity contribution in [1.82, 2.24) is 5.32 Å². The van der Waals surface area contributed by atoms with Crippen molar-refractivity contribution in [2.75, 3.05) is 0 Å². The maximum absolute atomic E-state index is 12.8. The number of esters is 1. The summed E-state index contributed by atoms with van der Waals surface area (Å²) in [6, 6.07) is 28.0. The monoisotopic (exact) mass is 460 g/mol. The summed E-state index contributed by atoms with van der Waals surface area (Å²) in [5.74, 6) is -0.489. The van der Waals surface area contributed by atoms with E-state index in [1.54, 1.807) is 0 Å². The average molecular weight is 461 g/mol. The van der Waals surface area contributed by atoms with Crippen molar-refractivity contribution in [3.05, 3.63) is 108 Å². The maximum atomic E-state index is 12.8. The van der Waals surface area contributed by atoms with Crippen LogP contribution in [0.4, 0.5) is 4.79 Å². The second-order valence-electron chi connectivity index (χ2n) is 8.23. The number of nitrogens with one attached hydrogen (secondary N) is 1. The number of alkyl carbamates (subject to hydrolysis) is 1. The van der Waals surface area contributed by atoms with E-state index in [0.717, 1.165) is 24.0 Å². The molecule has 3 rings (SSSR count). The van der Waals surface area contributed by atoms with Crippen LogP contribution in [-0.2, 0) is 33.9 Å². The van der Waals surface area contributed by atoms with Crippen molar-refractivity contribution in [2.24, 2.45) is 5.73 Å². The summed E-state index contributed by atoms with van der Waals surface area (Å²) in [6.45, 7) is 0.269. The SMILES string of the molecule is NC(CCC[C@H](NC(=O)OCc1ccccc1)C(=O)OCc1ccccc1)Cc1ccccc1. The fourth-order valence-electron chi connectivity index (χ4n) is 3.59. The van der Waals surface area contributed by atoms with E-state index in [1.807, 2.05) is 91.0 Å². The third-order valence-electron chi connectivity index (χ3n) is 5.42. The number of carbonyl (C=O) groups excluding carboxylic acids is 2. The summed E-state index contributed by atoms with van der Waals surface area (Å²) < 4.78 is 10.8. The van der Waals surface area contributed by atoms with Gasteiger partial charge < -0.3 is 20.5 Å². The number of nitrogens with two attached hydrogens (primary N) is 1. The number of hydrogen-bond acceptors (Lipinski definition) is 5. The first-order valence-corrected chi connectivity index (χ1v) is 11.6. The van der Waals surface area contributed by atoms with Crippen LogP contribution in [0.3, 0.4) is 0 Å². The fraction of sp³-hybridized carbons (Fsp3) is 0.286. The molecule has 0 saturated carbocycles. The highest BCUT2D eigenvalue weighted by Crippen LogP contribution is 2.11. The summed E-state index contributed by atoms with van der Waals surface area (Å²) in [6.07, 6.45) is 1.91. The smallest absolute Gasteiger partial charge is 0.408 e. The van der Waals surface area contributed by atoms with Gasteiger partial charge in [0.1, 0.15) is 19.3 Å². The highest BCUT2D eigenvalue weighted by atomic mass is 16.6. The minimum atomic E-state index is -0.809. The van der Waals surface area contributed by atoms with Crippen LogP contribution >= 0.6 is 0 Å². The molecule has 0 heterocycles. The number of rotatable bonds is 12. The molecule has 3 aromatic carbocycles. The molecule has 2 atom stereocenters. The Bertz CT molecular complexity index is 997. The van der Waals surface area contributed by atoms with Crippen LogP contribution in [0.25, 0.3) is 0 Å². The molecule has 6 heteroatoms. The second kappa shape index (κ2) is 13.8. The number of ether oxygens (including phenoxy) is 2. The molecular formula is C28H32N2O4. The molecule has 0 fully saturated rings. The van der Waals surface area contributed by atoms with Crippen LogP contribution in [0.15, 0.2) is 91.0 Å². The Morgan fingerprint density at radius 3 is 1.76 bits per heavy atom. The second-order valence-corrected chi connectivity index (χ2v) is 8.23. The van der Waals surface area contributed by atoms with Crippen molar-refractivity contribution in [2.45, 2.75) is 51.0 Å². The Hall–Kier alpha value is -3.64. The van der Waals surface area contributed by atoms with Crippen LogP contribution < -0.4 is 11.1 Å². The Balaban J connectivity index is 1.51. The summed E-state index contributed by atoms with van der Waals surface area (Å²) in [5.41, 5.74) is 9.21. The van der Waals surface area contributed by atoms with Crippen LogP contribution in [-0.4, -0.2) is 24.1 Å². The molecule has 6 nitrogen and oxygen atoms in total. The lowest BCUT2D eigenvalue weighted by atomic mass is 10.00. The summed E-state index contributed by atoms with van der Waals surface area (Å²) in [5, 5.41) is 2.67. The number of hydrogen-bond donors (Lipinski definition) is 2. The average Bonchev–Trinajstić information content (AvgIpc) is 2.87. The van der Waals surface area contributed by atoms with E-state index in [2.05, 4.69) is 5.32 Å². The first kappa shape index (κ1) is 25.0. The molecule has 34 heavy (non-hydrogen) atoms. The summed E-state index contributed by atoms with van der Waals surface area (Å²) in [7, 11) is 0. The standard InChI is InChI=1S/C28H32N2O4/c29-25(19-22-11-4-1-5-12-22)17-10-18-26(27(31)33-20-23-13-6-2-7-14-23)30-28(32)34-21-24-15-8-3-9-16-24/h1-9,11-16,25-26H,10,17-21,29H2,(H,30,32)/t25?,26-/m0/s1. The molecule has 0 aromatic heterocycles. The van der Waals surface area contributed by atoms with Crippen LogP contribution in [0.1, 0.15) is 36.0 Å². The lowest BCUT2D eigenvalue weighted by Gasteiger charge is -2.19. The van der Waals surface area contributed by atoms with Crippen molar-refractivity contribution < 1.29 is 19.1 Å². The molecule has 3 N–H and O–H groups in total. The zero-order valence-electron chi connectivity index (χ0n) is 19.3. The van der Waals surface area contributed by atoms with Gasteiger partial charge >= 0.3 is 12.1 Å². The molecule has 0 saturated heterocycles. The van der Waals surface area contributed by atoms with E-state index in [9.17, 15) is 9.59 Å². The van der Waals surface area contributed by atoms with E-state index in [4.69, 9.17) is 15.2 Å². The van der Waals surface area contributed by atoms with Crippen molar-refractivity contribution in [1.29, 1.82) is 0 Å². The summed E-state index contributed by atoms with van der Waals surface area (Å²) >= 11 is 0. The van der Waals surface area contributed by atoms with Crippen LogP contribution in [0.2, 0.25) is 0 Å². The van der Waals surface area contributed by atoms with Gasteiger partial charge in [-0.2, -0.15) is 0 Å². The third kappa shape index (κ3) is 9.08. The molecule has 0 aliphatic heterocycles. The minimum Gasteiger partial charge on any atom is -0.459 e. The Morgan fingerprint density at radius 1 is 0.706 bits per heavy atom. The molecular weight excluding hydrogens is 428 g/mol. The third-order valence-corrected chi connectivity index (χ3v) is 5.42. The molecule has 0 radical (unpaired) electrons.